The molecule has 1 unspecified atom stereocenters. The van der Waals surface area contributed by atoms with Gasteiger partial charge in [-0.1, -0.05) is 6.92 Å². The fraction of sp³-hybridized carbons (Fsp3) is 0.316. The summed E-state index contributed by atoms with van der Waals surface area (Å²) in [6.07, 6.45) is 1.67. The normalized spacial score (nSPS) is 18.7. The van der Waals surface area contributed by atoms with E-state index in [-0.39, 0.29) is 17.0 Å². The monoisotopic (exact) mass is 370 g/mol. The van der Waals surface area contributed by atoms with Gasteiger partial charge in [0.05, 0.1) is 5.56 Å². The average molecular weight is 370 g/mol. The number of fused-ring (bicyclic) bond motifs is 1. The molecule has 0 aliphatic carbocycles. The number of rotatable bonds is 3. The van der Waals surface area contributed by atoms with Gasteiger partial charge in [-0.05, 0) is 48.2 Å². The second-order valence-electron chi connectivity index (χ2n) is 6.64. The number of hydrogen-bond donors (Lipinski definition) is 4. The van der Waals surface area contributed by atoms with Crippen molar-refractivity contribution in [2.24, 2.45) is 5.10 Å². The van der Waals surface area contributed by atoms with Crippen LogP contribution in [-0.4, -0.2) is 35.1 Å². The minimum absolute atomic E-state index is 0.00595. The zero-order chi connectivity index (χ0) is 18.4. The lowest BCUT2D eigenvalue weighted by Gasteiger charge is -2.25. The van der Waals surface area contributed by atoms with Crippen LogP contribution in [0, 0.1) is 0 Å². The lowest BCUT2D eigenvalue weighted by molar-refractivity contribution is 0.445. The van der Waals surface area contributed by atoms with E-state index in [0.717, 1.165) is 24.2 Å². The Labute approximate surface area is 158 Å². The number of thiol groups is 1. The lowest BCUT2D eigenvalue weighted by atomic mass is 10.0. The van der Waals surface area contributed by atoms with Crippen LogP contribution in [-0.2, 0) is 12.8 Å². The number of aromatic hydroxyl groups is 2. The highest BCUT2D eigenvalue weighted by atomic mass is 32.1. The van der Waals surface area contributed by atoms with Gasteiger partial charge in [0.25, 0.3) is 0 Å². The fourth-order valence-electron chi connectivity index (χ4n) is 3.59. The predicted molar refractivity (Wildman–Crippen MR) is 107 cm³/mol. The summed E-state index contributed by atoms with van der Waals surface area (Å²) in [6.45, 7) is 2.97. The minimum atomic E-state index is -0.333. The van der Waals surface area contributed by atoms with Crippen molar-refractivity contribution in [3.05, 3.63) is 47.0 Å². The van der Waals surface area contributed by atoms with E-state index in [1.54, 1.807) is 6.07 Å². The second-order valence-corrected chi connectivity index (χ2v) is 7.13. The van der Waals surface area contributed by atoms with Crippen molar-refractivity contribution in [1.82, 2.24) is 5.43 Å². The smallest absolute Gasteiger partial charge is 0.166 e. The zero-order valence-corrected chi connectivity index (χ0v) is 15.7. The molecule has 7 heteroatoms. The number of nitrogens with zero attached hydrogens (tertiary/aromatic N) is 3. The summed E-state index contributed by atoms with van der Waals surface area (Å²) in [6, 6.07) is 9.47. The van der Waals surface area contributed by atoms with Gasteiger partial charge in [0.15, 0.2) is 11.3 Å². The number of aryl methyl sites for hydroxylation is 1. The Hall–Kier alpha value is -2.54. The summed E-state index contributed by atoms with van der Waals surface area (Å²) in [5.41, 5.74) is 7.47. The molecule has 2 aliphatic heterocycles. The minimum Gasteiger partial charge on any atom is -0.508 e. The van der Waals surface area contributed by atoms with Crippen LogP contribution in [0.2, 0.25) is 0 Å². The van der Waals surface area contributed by atoms with Crippen LogP contribution in [0.15, 0.2) is 35.4 Å². The van der Waals surface area contributed by atoms with Gasteiger partial charge in [0.1, 0.15) is 11.5 Å². The molecule has 2 heterocycles. The summed E-state index contributed by atoms with van der Waals surface area (Å²) < 4.78 is 0. The number of phenolic OH excluding ortho intramolecular Hbond substituents is 2. The molecule has 0 amide bonds. The van der Waals surface area contributed by atoms with Gasteiger partial charge >= 0.3 is 0 Å². The van der Waals surface area contributed by atoms with Crippen LogP contribution < -0.4 is 15.2 Å². The van der Waals surface area contributed by atoms with Gasteiger partial charge < -0.3 is 15.1 Å². The largest absolute Gasteiger partial charge is 0.508 e. The number of anilines is 2. The number of hydrazone groups is 1. The Bertz CT molecular complexity index is 899. The Morgan fingerprint density at radius 1 is 1.23 bits per heavy atom. The van der Waals surface area contributed by atoms with Crippen LogP contribution in [0.3, 0.4) is 0 Å². The first-order valence-corrected chi connectivity index (χ1v) is 9.21. The molecule has 0 bridgehead atoms. The van der Waals surface area contributed by atoms with E-state index in [9.17, 15) is 10.2 Å². The molecule has 2 aromatic rings. The molecule has 136 valence electrons. The first-order valence-electron chi connectivity index (χ1n) is 8.69. The average Bonchev–Trinajstić information content (AvgIpc) is 3.18. The van der Waals surface area contributed by atoms with E-state index in [1.165, 1.54) is 17.3 Å². The third-order valence-electron chi connectivity index (χ3n) is 5.05. The summed E-state index contributed by atoms with van der Waals surface area (Å²) in [7, 11) is 2.10. The molecule has 0 saturated carbocycles. The highest BCUT2D eigenvalue weighted by molar-refractivity contribution is 7.81. The number of phenols is 2. The second kappa shape index (κ2) is 6.32. The van der Waals surface area contributed by atoms with E-state index < -0.39 is 0 Å². The topological polar surface area (TPSA) is 71.3 Å². The lowest BCUT2D eigenvalue weighted by Crippen LogP contribution is -2.36. The van der Waals surface area contributed by atoms with Crippen molar-refractivity contribution >= 4 is 29.8 Å². The molecule has 6 nitrogen and oxygen atoms in total. The maximum atomic E-state index is 10.4. The van der Waals surface area contributed by atoms with Crippen LogP contribution in [0.25, 0.3) is 0 Å². The number of benzene rings is 2. The van der Waals surface area contributed by atoms with Gasteiger partial charge in [-0.15, -0.1) is 12.6 Å². The fourth-order valence-corrected chi connectivity index (χ4v) is 3.89. The van der Waals surface area contributed by atoms with Crippen LogP contribution in [0.1, 0.15) is 23.6 Å². The Morgan fingerprint density at radius 3 is 2.81 bits per heavy atom. The SMILES string of the molecule is CCc1cc(C2=NNC(S)N2c2ccc3c(c2)CCN3C)c(O)cc1O. The number of nitrogens with one attached hydrogen (secondary N) is 1. The highest BCUT2D eigenvalue weighted by Crippen LogP contribution is 2.35. The summed E-state index contributed by atoms with van der Waals surface area (Å²) in [5.74, 6) is 0.673. The number of hydrogen-bond acceptors (Lipinski definition) is 7. The summed E-state index contributed by atoms with van der Waals surface area (Å²) >= 11 is 4.59. The molecule has 0 radical (unpaired) electrons. The molecule has 2 aromatic carbocycles. The Balaban J connectivity index is 1.76. The molecular formula is C19H22N4O2S. The van der Waals surface area contributed by atoms with Gasteiger partial charge in [-0.25, -0.2) is 0 Å². The first-order chi connectivity index (χ1) is 12.5. The third-order valence-corrected chi connectivity index (χ3v) is 5.39. The maximum Gasteiger partial charge on any atom is 0.166 e. The van der Waals surface area contributed by atoms with Gasteiger partial charge in [-0.2, -0.15) is 5.10 Å². The maximum absolute atomic E-state index is 10.4. The standard InChI is InChI=1S/C19H22N4O2S/c1-3-11-9-14(17(25)10-16(11)24)18-20-21-19(26)23(18)13-4-5-15-12(8-13)6-7-22(15)2/h4-5,8-10,19,21,24-26H,3,6-7H2,1-2H3. The van der Waals surface area contributed by atoms with E-state index >= 15 is 0 Å². The van der Waals surface area contributed by atoms with Gasteiger partial charge in [0, 0.05) is 31.0 Å². The van der Waals surface area contributed by atoms with Crippen LogP contribution >= 0.6 is 12.6 Å². The molecule has 2 aliphatic rings. The van der Waals surface area contributed by atoms with Crippen molar-refractivity contribution in [2.75, 3.05) is 23.4 Å². The molecule has 3 N–H and O–H groups in total. The summed E-state index contributed by atoms with van der Waals surface area (Å²) in [5, 5.41) is 24.7. The van der Waals surface area contributed by atoms with Gasteiger partial charge in [0.2, 0.25) is 0 Å². The van der Waals surface area contributed by atoms with Crippen LogP contribution in [0.5, 0.6) is 11.5 Å². The van der Waals surface area contributed by atoms with E-state index in [4.69, 9.17) is 0 Å². The molecule has 0 aromatic heterocycles. The van der Waals surface area contributed by atoms with Crippen LogP contribution in [0.4, 0.5) is 11.4 Å². The molecule has 0 saturated heterocycles. The first kappa shape index (κ1) is 16.9. The Kier molecular flexibility index (Phi) is 4.11. The van der Waals surface area contributed by atoms with E-state index in [2.05, 4.69) is 47.2 Å². The molecule has 26 heavy (non-hydrogen) atoms. The molecular weight excluding hydrogens is 348 g/mol. The van der Waals surface area contributed by atoms with Crippen molar-refractivity contribution in [3.8, 4) is 11.5 Å². The zero-order valence-electron chi connectivity index (χ0n) is 14.8. The van der Waals surface area contributed by atoms with Gasteiger partial charge in [-0.3, -0.25) is 10.3 Å². The van der Waals surface area contributed by atoms with Crippen molar-refractivity contribution in [1.29, 1.82) is 0 Å². The highest BCUT2D eigenvalue weighted by Gasteiger charge is 2.31. The van der Waals surface area contributed by atoms with E-state index in [0.29, 0.717) is 17.8 Å². The molecule has 1 atom stereocenters. The summed E-state index contributed by atoms with van der Waals surface area (Å²) in [4.78, 5) is 4.20. The third kappa shape index (κ3) is 2.63. The predicted octanol–water partition coefficient (Wildman–Crippen LogP) is 2.64. The van der Waals surface area contributed by atoms with Crippen molar-refractivity contribution < 1.29 is 10.2 Å². The molecule has 4 rings (SSSR count). The van der Waals surface area contributed by atoms with Crippen molar-refractivity contribution in [3.63, 3.8) is 0 Å². The molecule has 0 fully saturated rings. The number of amidine groups is 1. The van der Waals surface area contributed by atoms with E-state index in [1.807, 2.05) is 17.9 Å². The number of likely N-dealkylation sites (N-methyl/N-ethyl adjacent to an activating group) is 1. The molecule has 0 spiro atoms. The quantitative estimate of drug-likeness (QED) is 0.626. The van der Waals surface area contributed by atoms with Crippen molar-refractivity contribution in [2.45, 2.75) is 25.3 Å². The Morgan fingerprint density at radius 2 is 2.04 bits per heavy atom.